The molecule has 6 nitrogen and oxygen atoms in total. The highest BCUT2D eigenvalue weighted by molar-refractivity contribution is 6.53. The summed E-state index contributed by atoms with van der Waals surface area (Å²) in [5.41, 5.74) is 6.23. The van der Waals surface area contributed by atoms with Crippen molar-refractivity contribution in [3.8, 4) is 33.9 Å². The number of benzene rings is 4. The number of ketones is 1. The SMILES string of the molecule is O=C1C(=O)N(C2=CC(c3nc(-c4ccccc4)nc(-c4ccccc4)n3)=CCC2)c2ccc(-c3ccccc3)cc21. The van der Waals surface area contributed by atoms with E-state index in [4.69, 9.17) is 15.0 Å². The molecule has 0 atom stereocenters. The maximum absolute atomic E-state index is 13.3. The van der Waals surface area contributed by atoms with Crippen LogP contribution in [0.5, 0.6) is 0 Å². The van der Waals surface area contributed by atoms with Crippen LogP contribution < -0.4 is 4.90 Å². The maximum atomic E-state index is 13.3. The van der Waals surface area contributed by atoms with Gasteiger partial charge in [-0.2, -0.15) is 0 Å². The Morgan fingerprint density at radius 2 is 1.15 bits per heavy atom. The standard InChI is InChI=1S/C35H24N4O2/c40-31-29-22-26(23-11-4-1-5-12-23)19-20-30(29)39(35(31)41)28-18-10-17-27(21-28)34-37-32(24-13-6-2-7-14-24)36-33(38-34)25-15-8-3-9-16-25/h1-9,11-17,19-22H,10,18H2. The molecule has 7 rings (SSSR count). The molecule has 1 aliphatic heterocycles. The Labute approximate surface area is 237 Å². The van der Waals surface area contributed by atoms with Crippen molar-refractivity contribution in [3.63, 3.8) is 0 Å². The highest BCUT2D eigenvalue weighted by Crippen LogP contribution is 2.38. The van der Waals surface area contributed by atoms with E-state index in [9.17, 15) is 9.59 Å². The van der Waals surface area contributed by atoms with Crippen LogP contribution >= 0.6 is 0 Å². The highest BCUT2D eigenvalue weighted by atomic mass is 16.2. The van der Waals surface area contributed by atoms with Gasteiger partial charge in [-0.05, 0) is 42.2 Å². The van der Waals surface area contributed by atoms with Crippen molar-refractivity contribution < 1.29 is 9.59 Å². The van der Waals surface area contributed by atoms with Gasteiger partial charge in [0.25, 0.3) is 5.78 Å². The van der Waals surface area contributed by atoms with E-state index >= 15 is 0 Å². The second-order valence-corrected chi connectivity index (χ2v) is 9.94. The van der Waals surface area contributed by atoms with Crippen LogP contribution in [-0.4, -0.2) is 26.6 Å². The molecule has 4 aromatic carbocycles. The summed E-state index contributed by atoms with van der Waals surface area (Å²) in [5, 5.41) is 0. The number of hydrogen-bond acceptors (Lipinski definition) is 5. The van der Waals surface area contributed by atoms with Crippen LogP contribution in [0.4, 0.5) is 5.69 Å². The maximum Gasteiger partial charge on any atom is 0.303 e. The molecule has 0 fully saturated rings. The summed E-state index contributed by atoms with van der Waals surface area (Å²) in [6.07, 6.45) is 5.30. The third-order valence-corrected chi connectivity index (χ3v) is 7.32. The van der Waals surface area contributed by atoms with Gasteiger partial charge in [0, 0.05) is 22.4 Å². The molecule has 1 amide bonds. The molecule has 41 heavy (non-hydrogen) atoms. The Morgan fingerprint density at radius 3 is 1.76 bits per heavy atom. The van der Waals surface area contributed by atoms with E-state index in [1.54, 1.807) is 4.90 Å². The number of rotatable bonds is 5. The lowest BCUT2D eigenvalue weighted by Gasteiger charge is -2.23. The molecule has 5 aromatic rings. The average molecular weight is 533 g/mol. The monoisotopic (exact) mass is 532 g/mol. The molecular formula is C35H24N4O2. The van der Waals surface area contributed by atoms with Crippen LogP contribution in [0.25, 0.3) is 39.5 Å². The normalized spacial score (nSPS) is 14.5. The van der Waals surface area contributed by atoms with Gasteiger partial charge in [-0.1, -0.05) is 103 Å². The van der Waals surface area contributed by atoms with Crippen molar-refractivity contribution in [1.29, 1.82) is 0 Å². The van der Waals surface area contributed by atoms with Crippen LogP contribution in [0.3, 0.4) is 0 Å². The smallest absolute Gasteiger partial charge is 0.283 e. The third kappa shape index (κ3) is 4.55. The second kappa shape index (κ2) is 10.2. The average Bonchev–Trinajstić information content (AvgIpc) is 3.30. The minimum absolute atomic E-state index is 0.422. The van der Waals surface area contributed by atoms with Crippen LogP contribution in [0.1, 0.15) is 29.0 Å². The first-order valence-electron chi connectivity index (χ1n) is 13.5. The fraction of sp³-hybridized carbons (Fsp3) is 0.0571. The molecular weight excluding hydrogens is 508 g/mol. The van der Waals surface area contributed by atoms with Crippen molar-refractivity contribution >= 4 is 23.0 Å². The number of carbonyl (C=O) groups excluding carboxylic acids is 2. The van der Waals surface area contributed by atoms with E-state index in [2.05, 4.69) is 6.08 Å². The van der Waals surface area contributed by atoms with Gasteiger partial charge < -0.3 is 0 Å². The molecule has 2 heterocycles. The first-order valence-corrected chi connectivity index (χ1v) is 13.5. The zero-order chi connectivity index (χ0) is 27.8. The van der Waals surface area contributed by atoms with Gasteiger partial charge in [0.2, 0.25) is 0 Å². The Kier molecular flexibility index (Phi) is 6.13. The van der Waals surface area contributed by atoms with Crippen molar-refractivity contribution in [2.24, 2.45) is 0 Å². The first-order chi connectivity index (χ1) is 20.2. The molecule has 0 spiro atoms. The van der Waals surface area contributed by atoms with E-state index < -0.39 is 11.7 Å². The van der Waals surface area contributed by atoms with E-state index in [1.165, 1.54) is 0 Å². The van der Waals surface area contributed by atoms with E-state index in [1.807, 2.05) is 115 Å². The lowest BCUT2D eigenvalue weighted by molar-refractivity contribution is -0.113. The highest BCUT2D eigenvalue weighted by Gasteiger charge is 2.38. The predicted molar refractivity (Wildman–Crippen MR) is 160 cm³/mol. The van der Waals surface area contributed by atoms with Gasteiger partial charge in [-0.3, -0.25) is 14.5 Å². The zero-order valence-electron chi connectivity index (χ0n) is 22.1. The number of Topliss-reactive ketones (excluding diaryl/α,β-unsaturated/α-hetero) is 1. The molecule has 0 saturated carbocycles. The Bertz CT molecular complexity index is 1810. The summed E-state index contributed by atoms with van der Waals surface area (Å²) in [5.74, 6) is 0.632. The minimum Gasteiger partial charge on any atom is -0.283 e. The fourth-order valence-electron chi connectivity index (χ4n) is 5.29. The number of carbonyl (C=O) groups is 2. The van der Waals surface area contributed by atoms with E-state index in [0.29, 0.717) is 41.6 Å². The summed E-state index contributed by atoms with van der Waals surface area (Å²) >= 11 is 0. The van der Waals surface area contributed by atoms with Crippen LogP contribution in [0, 0.1) is 0 Å². The van der Waals surface area contributed by atoms with Gasteiger partial charge in [0.15, 0.2) is 17.5 Å². The van der Waals surface area contributed by atoms with Gasteiger partial charge in [0.05, 0.1) is 11.3 Å². The van der Waals surface area contributed by atoms with Gasteiger partial charge in [0.1, 0.15) is 0 Å². The van der Waals surface area contributed by atoms with Crippen molar-refractivity contribution in [2.75, 3.05) is 4.90 Å². The molecule has 1 aromatic heterocycles. The number of allylic oxidation sites excluding steroid dienone is 4. The molecule has 0 unspecified atom stereocenters. The van der Waals surface area contributed by atoms with Gasteiger partial charge >= 0.3 is 5.91 Å². The summed E-state index contributed by atoms with van der Waals surface area (Å²) in [4.78, 5) is 42.4. The molecule has 0 bridgehead atoms. The first kappa shape index (κ1) is 24.5. The third-order valence-electron chi connectivity index (χ3n) is 7.32. The molecule has 2 aliphatic rings. The molecule has 196 valence electrons. The lowest BCUT2D eigenvalue weighted by atomic mass is 10.0. The van der Waals surface area contributed by atoms with Crippen LogP contribution in [-0.2, 0) is 4.79 Å². The summed E-state index contributed by atoms with van der Waals surface area (Å²) in [6.45, 7) is 0. The quantitative estimate of drug-likeness (QED) is 0.225. The lowest BCUT2D eigenvalue weighted by Crippen LogP contribution is -2.29. The summed E-state index contributed by atoms with van der Waals surface area (Å²) in [6, 6.07) is 35.1. The minimum atomic E-state index is -0.539. The number of amides is 1. The largest absolute Gasteiger partial charge is 0.303 e. The fourth-order valence-corrected chi connectivity index (χ4v) is 5.29. The topological polar surface area (TPSA) is 76.1 Å². The van der Waals surface area contributed by atoms with Crippen molar-refractivity contribution in [3.05, 3.63) is 138 Å². The molecule has 6 heteroatoms. The number of fused-ring (bicyclic) bond motifs is 1. The van der Waals surface area contributed by atoms with Crippen LogP contribution in [0.2, 0.25) is 0 Å². The van der Waals surface area contributed by atoms with E-state index in [0.717, 1.165) is 33.5 Å². The molecule has 0 saturated heterocycles. The predicted octanol–water partition coefficient (Wildman–Crippen LogP) is 7.16. The van der Waals surface area contributed by atoms with Gasteiger partial charge in [-0.25, -0.2) is 15.0 Å². The second-order valence-electron chi connectivity index (χ2n) is 9.94. The molecule has 0 radical (unpaired) electrons. The van der Waals surface area contributed by atoms with Crippen molar-refractivity contribution in [1.82, 2.24) is 15.0 Å². The van der Waals surface area contributed by atoms with E-state index in [-0.39, 0.29) is 0 Å². The number of nitrogens with zero attached hydrogens (tertiary/aromatic N) is 4. The Hall–Kier alpha value is -5.49. The van der Waals surface area contributed by atoms with Crippen molar-refractivity contribution in [2.45, 2.75) is 12.8 Å². The number of hydrogen-bond donors (Lipinski definition) is 0. The Balaban J connectivity index is 1.29. The molecule has 0 N–H and O–H groups in total. The summed E-state index contributed by atoms with van der Waals surface area (Å²) in [7, 11) is 0. The zero-order valence-corrected chi connectivity index (χ0v) is 22.1. The number of anilines is 1. The molecule has 1 aliphatic carbocycles. The van der Waals surface area contributed by atoms with Crippen LogP contribution in [0.15, 0.2) is 127 Å². The van der Waals surface area contributed by atoms with Gasteiger partial charge in [-0.15, -0.1) is 0 Å². The summed E-state index contributed by atoms with van der Waals surface area (Å²) < 4.78 is 0. The number of aromatic nitrogens is 3. The Morgan fingerprint density at radius 1 is 0.585 bits per heavy atom.